The van der Waals surface area contributed by atoms with Gasteiger partial charge in [0.1, 0.15) is 11.5 Å². The summed E-state index contributed by atoms with van der Waals surface area (Å²) >= 11 is 0. The largest absolute Gasteiger partial charge is 0.497 e. The number of rotatable bonds is 9. The second-order valence-electron chi connectivity index (χ2n) is 6.29. The maximum absolute atomic E-state index is 12.6. The van der Waals surface area contributed by atoms with E-state index in [1.165, 1.54) is 6.39 Å². The molecule has 1 aromatic heterocycles. The van der Waals surface area contributed by atoms with E-state index in [-0.39, 0.29) is 11.6 Å². The zero-order valence-electron chi connectivity index (χ0n) is 16.1. The number of nitrogens with zero attached hydrogens (tertiary/aromatic N) is 1. The molecular formula is C22H24N2O4. The van der Waals surface area contributed by atoms with Crippen LogP contribution in [0.4, 0.5) is 0 Å². The van der Waals surface area contributed by atoms with Crippen molar-refractivity contribution in [1.82, 2.24) is 10.3 Å². The molecule has 2 aromatic carbocycles. The first kappa shape index (κ1) is 19.5. The van der Waals surface area contributed by atoms with E-state index in [1.54, 1.807) is 13.2 Å². The molecule has 146 valence electrons. The summed E-state index contributed by atoms with van der Waals surface area (Å²) < 4.78 is 16.3. The number of carbonyl (C=O) groups is 1. The highest BCUT2D eigenvalue weighted by molar-refractivity contribution is 5.97. The van der Waals surface area contributed by atoms with Gasteiger partial charge in [-0.2, -0.15) is 0 Å². The molecule has 0 atom stereocenters. The van der Waals surface area contributed by atoms with Crippen LogP contribution in [0, 0.1) is 0 Å². The average Bonchev–Trinajstić information content (AvgIpc) is 3.23. The Morgan fingerprint density at radius 2 is 1.96 bits per heavy atom. The Bertz CT molecular complexity index is 903. The third-order valence-electron chi connectivity index (χ3n) is 4.26. The number of nitrogens with one attached hydrogen (secondary N) is 1. The molecule has 6 nitrogen and oxygen atoms in total. The molecule has 0 bridgehead atoms. The number of methoxy groups -OCH3 is 1. The predicted octanol–water partition coefficient (Wildman–Crippen LogP) is 4.46. The van der Waals surface area contributed by atoms with Gasteiger partial charge in [0.2, 0.25) is 0 Å². The molecule has 3 aromatic rings. The summed E-state index contributed by atoms with van der Waals surface area (Å²) in [5, 5.41) is 2.88. The summed E-state index contributed by atoms with van der Waals surface area (Å²) in [7, 11) is 1.59. The fourth-order valence-electron chi connectivity index (χ4n) is 2.68. The first-order valence-electron chi connectivity index (χ1n) is 9.29. The van der Waals surface area contributed by atoms with Crippen molar-refractivity contribution in [2.45, 2.75) is 26.3 Å². The van der Waals surface area contributed by atoms with Crippen molar-refractivity contribution in [2.24, 2.45) is 0 Å². The fourth-order valence-corrected chi connectivity index (χ4v) is 2.68. The number of oxazole rings is 1. The number of ether oxygens (including phenoxy) is 2. The second kappa shape index (κ2) is 9.60. The molecule has 0 saturated heterocycles. The number of benzene rings is 2. The zero-order valence-corrected chi connectivity index (χ0v) is 16.1. The first-order valence-corrected chi connectivity index (χ1v) is 9.29. The van der Waals surface area contributed by atoms with Gasteiger partial charge in [-0.1, -0.05) is 37.6 Å². The lowest BCUT2D eigenvalue weighted by Crippen LogP contribution is -2.23. The second-order valence-corrected chi connectivity index (χ2v) is 6.29. The molecule has 0 unspecified atom stereocenters. The van der Waals surface area contributed by atoms with Crippen LogP contribution in [-0.2, 0) is 6.54 Å². The summed E-state index contributed by atoms with van der Waals surface area (Å²) in [6.45, 7) is 3.23. The summed E-state index contributed by atoms with van der Waals surface area (Å²) in [4.78, 5) is 16.7. The van der Waals surface area contributed by atoms with Gasteiger partial charge in [0.05, 0.1) is 13.7 Å². The van der Waals surface area contributed by atoms with E-state index < -0.39 is 0 Å². The summed E-state index contributed by atoms with van der Waals surface area (Å²) in [6.07, 6.45) is 3.40. The Labute approximate surface area is 164 Å². The highest BCUT2D eigenvalue weighted by Gasteiger charge is 2.18. The van der Waals surface area contributed by atoms with Gasteiger partial charge in [0.25, 0.3) is 5.91 Å². The lowest BCUT2D eigenvalue weighted by atomic mass is 10.1. The van der Waals surface area contributed by atoms with E-state index >= 15 is 0 Å². The first-order chi connectivity index (χ1) is 13.7. The Kier molecular flexibility index (Phi) is 6.68. The van der Waals surface area contributed by atoms with Crippen LogP contribution >= 0.6 is 0 Å². The molecule has 0 spiro atoms. The van der Waals surface area contributed by atoms with Crippen molar-refractivity contribution in [1.29, 1.82) is 0 Å². The molecular weight excluding hydrogens is 356 g/mol. The van der Waals surface area contributed by atoms with Gasteiger partial charge < -0.3 is 19.2 Å². The molecule has 1 amide bonds. The van der Waals surface area contributed by atoms with Gasteiger partial charge in [0, 0.05) is 12.1 Å². The van der Waals surface area contributed by atoms with E-state index in [2.05, 4.69) is 17.2 Å². The summed E-state index contributed by atoms with van der Waals surface area (Å²) in [5.41, 5.74) is 1.95. The zero-order chi connectivity index (χ0) is 19.8. The van der Waals surface area contributed by atoms with E-state index in [9.17, 15) is 4.79 Å². The molecule has 0 fully saturated rings. The van der Waals surface area contributed by atoms with Crippen molar-refractivity contribution in [3.8, 4) is 22.8 Å². The quantitative estimate of drug-likeness (QED) is 0.555. The molecule has 3 rings (SSSR count). The van der Waals surface area contributed by atoms with E-state index in [4.69, 9.17) is 13.9 Å². The van der Waals surface area contributed by atoms with Gasteiger partial charge in [-0.3, -0.25) is 4.79 Å². The maximum Gasteiger partial charge on any atom is 0.274 e. The highest BCUT2D eigenvalue weighted by atomic mass is 16.5. The van der Waals surface area contributed by atoms with Crippen molar-refractivity contribution >= 4 is 5.91 Å². The minimum atomic E-state index is -0.296. The monoisotopic (exact) mass is 380 g/mol. The van der Waals surface area contributed by atoms with Crippen LogP contribution in [0.1, 0.15) is 35.8 Å². The SMILES string of the molecule is CCCCOc1ccc(CNC(=O)c2ncoc2-c2cccc(OC)c2)cc1. The van der Waals surface area contributed by atoms with Crippen molar-refractivity contribution in [2.75, 3.05) is 13.7 Å². The standard InChI is InChI=1S/C22H24N2O4/c1-3-4-12-27-18-10-8-16(9-11-18)14-23-22(25)20-21(28-15-24-20)17-6-5-7-19(13-17)26-2/h5-11,13,15H,3-4,12,14H2,1-2H3,(H,23,25). The van der Waals surface area contributed by atoms with Crippen LogP contribution in [0.5, 0.6) is 11.5 Å². The minimum Gasteiger partial charge on any atom is -0.497 e. The summed E-state index contributed by atoms with van der Waals surface area (Å²) in [6, 6.07) is 15.0. The third kappa shape index (κ3) is 4.91. The number of hydrogen-bond acceptors (Lipinski definition) is 5. The van der Waals surface area contributed by atoms with Gasteiger partial charge in [-0.25, -0.2) is 4.98 Å². The topological polar surface area (TPSA) is 73.6 Å². The number of unbranched alkanes of at least 4 members (excludes halogenated alkanes) is 1. The molecule has 0 aliphatic carbocycles. The Morgan fingerprint density at radius 3 is 2.71 bits per heavy atom. The molecule has 1 heterocycles. The third-order valence-corrected chi connectivity index (χ3v) is 4.26. The molecule has 0 aliphatic heterocycles. The number of hydrogen-bond donors (Lipinski definition) is 1. The van der Waals surface area contributed by atoms with E-state index in [0.717, 1.165) is 29.7 Å². The van der Waals surface area contributed by atoms with Crippen LogP contribution in [0.25, 0.3) is 11.3 Å². The lowest BCUT2D eigenvalue weighted by Gasteiger charge is -2.08. The van der Waals surface area contributed by atoms with Crippen molar-refractivity contribution < 1.29 is 18.7 Å². The number of carbonyl (C=O) groups excluding carboxylic acids is 1. The van der Waals surface area contributed by atoms with E-state index in [1.807, 2.05) is 42.5 Å². The lowest BCUT2D eigenvalue weighted by molar-refractivity contribution is 0.0946. The molecule has 0 radical (unpaired) electrons. The maximum atomic E-state index is 12.6. The smallest absolute Gasteiger partial charge is 0.274 e. The van der Waals surface area contributed by atoms with Crippen LogP contribution in [0.2, 0.25) is 0 Å². The summed E-state index contributed by atoms with van der Waals surface area (Å²) in [5.74, 6) is 1.63. The minimum absolute atomic E-state index is 0.243. The Hall–Kier alpha value is -3.28. The number of aromatic nitrogens is 1. The van der Waals surface area contributed by atoms with E-state index in [0.29, 0.717) is 24.7 Å². The van der Waals surface area contributed by atoms with Crippen LogP contribution < -0.4 is 14.8 Å². The molecule has 28 heavy (non-hydrogen) atoms. The molecule has 0 saturated carbocycles. The normalized spacial score (nSPS) is 10.5. The van der Waals surface area contributed by atoms with Crippen molar-refractivity contribution in [3.63, 3.8) is 0 Å². The Morgan fingerprint density at radius 1 is 1.14 bits per heavy atom. The van der Waals surface area contributed by atoms with Gasteiger partial charge in [0.15, 0.2) is 17.8 Å². The van der Waals surface area contributed by atoms with Crippen LogP contribution in [-0.4, -0.2) is 24.6 Å². The molecule has 1 N–H and O–H groups in total. The average molecular weight is 380 g/mol. The van der Waals surface area contributed by atoms with Crippen molar-refractivity contribution in [3.05, 3.63) is 66.2 Å². The molecule has 0 aliphatic rings. The van der Waals surface area contributed by atoms with Crippen LogP contribution in [0.3, 0.4) is 0 Å². The van der Waals surface area contributed by atoms with Crippen LogP contribution in [0.15, 0.2) is 59.3 Å². The highest BCUT2D eigenvalue weighted by Crippen LogP contribution is 2.26. The molecule has 6 heteroatoms. The van der Waals surface area contributed by atoms with Gasteiger partial charge >= 0.3 is 0 Å². The fraction of sp³-hybridized carbons (Fsp3) is 0.273. The van der Waals surface area contributed by atoms with Gasteiger partial charge in [-0.15, -0.1) is 0 Å². The Balaban J connectivity index is 1.62. The van der Waals surface area contributed by atoms with Gasteiger partial charge in [-0.05, 0) is 36.2 Å². The number of amides is 1. The predicted molar refractivity (Wildman–Crippen MR) is 107 cm³/mol.